The SMILES string of the molecule is Cc1nn(-c2ccccc2)c(C)c1NC=O. The highest BCUT2D eigenvalue weighted by Gasteiger charge is 2.11. The van der Waals surface area contributed by atoms with Gasteiger partial charge in [0.15, 0.2) is 0 Å². The van der Waals surface area contributed by atoms with Crippen LogP contribution in [0.2, 0.25) is 0 Å². The number of aromatic nitrogens is 2. The fourth-order valence-electron chi connectivity index (χ4n) is 1.73. The van der Waals surface area contributed by atoms with Gasteiger partial charge in [0.1, 0.15) is 0 Å². The minimum absolute atomic E-state index is 0.673. The van der Waals surface area contributed by atoms with E-state index in [1.54, 1.807) is 0 Å². The van der Waals surface area contributed by atoms with Gasteiger partial charge in [-0.3, -0.25) is 4.79 Å². The average Bonchev–Trinajstić information content (AvgIpc) is 2.59. The first kappa shape index (κ1) is 10.4. The summed E-state index contributed by atoms with van der Waals surface area (Å²) >= 11 is 0. The number of para-hydroxylation sites is 1. The summed E-state index contributed by atoms with van der Waals surface area (Å²) in [5.74, 6) is 0. The maximum absolute atomic E-state index is 10.5. The van der Waals surface area contributed by atoms with Crippen LogP contribution < -0.4 is 5.32 Å². The highest BCUT2D eigenvalue weighted by Crippen LogP contribution is 2.21. The standard InChI is InChI=1S/C12H13N3O/c1-9-12(13-8-16)10(2)15(14-9)11-6-4-3-5-7-11/h3-8H,1-2H3,(H,13,16). The minimum atomic E-state index is 0.673. The van der Waals surface area contributed by atoms with Gasteiger partial charge in [0, 0.05) is 0 Å². The van der Waals surface area contributed by atoms with Crippen molar-refractivity contribution in [1.29, 1.82) is 0 Å². The summed E-state index contributed by atoms with van der Waals surface area (Å²) in [6.45, 7) is 3.80. The van der Waals surface area contributed by atoms with Crippen LogP contribution in [0.3, 0.4) is 0 Å². The van der Waals surface area contributed by atoms with Gasteiger partial charge in [-0.05, 0) is 26.0 Å². The molecule has 0 unspecified atom stereocenters. The Balaban J connectivity index is 2.51. The summed E-state index contributed by atoms with van der Waals surface area (Å²) in [5.41, 5.74) is 3.50. The Morgan fingerprint density at radius 1 is 1.25 bits per heavy atom. The number of carbonyl (C=O) groups is 1. The number of anilines is 1. The van der Waals surface area contributed by atoms with Crippen LogP contribution in [0.25, 0.3) is 5.69 Å². The molecule has 2 rings (SSSR count). The number of aryl methyl sites for hydroxylation is 1. The lowest BCUT2D eigenvalue weighted by Gasteiger charge is -2.04. The molecular weight excluding hydrogens is 202 g/mol. The number of benzene rings is 1. The molecule has 0 saturated heterocycles. The molecule has 1 N–H and O–H groups in total. The van der Waals surface area contributed by atoms with Crippen LogP contribution in [0.4, 0.5) is 5.69 Å². The summed E-state index contributed by atoms with van der Waals surface area (Å²) in [6.07, 6.45) is 0.673. The van der Waals surface area contributed by atoms with Crippen LogP contribution in [0.5, 0.6) is 0 Å². The van der Waals surface area contributed by atoms with Crippen molar-refractivity contribution < 1.29 is 4.79 Å². The van der Waals surface area contributed by atoms with Crippen LogP contribution in [-0.4, -0.2) is 16.2 Å². The third-order valence-corrected chi connectivity index (χ3v) is 2.50. The maximum atomic E-state index is 10.5. The molecule has 1 aromatic heterocycles. The Hall–Kier alpha value is -2.10. The van der Waals surface area contributed by atoms with Gasteiger partial charge in [0.2, 0.25) is 6.41 Å². The molecular formula is C12H13N3O. The molecule has 0 aliphatic carbocycles. The molecule has 0 fully saturated rings. The molecule has 0 bridgehead atoms. The number of hydrogen-bond acceptors (Lipinski definition) is 2. The lowest BCUT2D eigenvalue weighted by Crippen LogP contribution is -2.00. The van der Waals surface area contributed by atoms with E-state index >= 15 is 0 Å². The van der Waals surface area contributed by atoms with Gasteiger partial charge in [-0.25, -0.2) is 4.68 Å². The Labute approximate surface area is 93.9 Å². The van der Waals surface area contributed by atoms with Crippen molar-refractivity contribution in [1.82, 2.24) is 9.78 Å². The van der Waals surface area contributed by atoms with E-state index in [4.69, 9.17) is 0 Å². The fourth-order valence-corrected chi connectivity index (χ4v) is 1.73. The Morgan fingerprint density at radius 3 is 2.56 bits per heavy atom. The number of carbonyl (C=O) groups excluding carboxylic acids is 1. The first-order valence-corrected chi connectivity index (χ1v) is 5.06. The van der Waals surface area contributed by atoms with Gasteiger partial charge in [-0.2, -0.15) is 5.10 Å². The van der Waals surface area contributed by atoms with Crippen molar-refractivity contribution in [2.24, 2.45) is 0 Å². The van der Waals surface area contributed by atoms with E-state index in [0.717, 1.165) is 22.8 Å². The lowest BCUT2D eigenvalue weighted by molar-refractivity contribution is -0.105. The van der Waals surface area contributed by atoms with Gasteiger partial charge in [0.05, 0.1) is 22.8 Å². The molecule has 16 heavy (non-hydrogen) atoms. The number of hydrogen-bond donors (Lipinski definition) is 1. The summed E-state index contributed by atoms with van der Waals surface area (Å²) in [4.78, 5) is 10.5. The molecule has 0 radical (unpaired) electrons. The van der Waals surface area contributed by atoms with E-state index in [0.29, 0.717) is 6.41 Å². The molecule has 4 nitrogen and oxygen atoms in total. The largest absolute Gasteiger partial charge is 0.326 e. The Bertz CT molecular complexity index is 502. The summed E-state index contributed by atoms with van der Waals surface area (Å²) in [7, 11) is 0. The second kappa shape index (κ2) is 4.18. The molecule has 0 spiro atoms. The molecule has 2 aromatic rings. The van der Waals surface area contributed by atoms with Crippen LogP contribution in [0.1, 0.15) is 11.4 Å². The monoisotopic (exact) mass is 215 g/mol. The average molecular weight is 215 g/mol. The fraction of sp³-hybridized carbons (Fsp3) is 0.167. The van der Waals surface area contributed by atoms with E-state index < -0.39 is 0 Å². The molecule has 82 valence electrons. The van der Waals surface area contributed by atoms with Crippen LogP contribution in [0, 0.1) is 13.8 Å². The Kier molecular flexibility index (Phi) is 2.72. The normalized spacial score (nSPS) is 10.1. The predicted molar refractivity (Wildman–Crippen MR) is 62.7 cm³/mol. The van der Waals surface area contributed by atoms with Gasteiger partial charge in [-0.15, -0.1) is 0 Å². The van der Waals surface area contributed by atoms with Crippen molar-refractivity contribution in [3.8, 4) is 5.69 Å². The van der Waals surface area contributed by atoms with Crippen molar-refractivity contribution in [2.45, 2.75) is 13.8 Å². The number of rotatable bonds is 3. The molecule has 0 aliphatic rings. The number of amides is 1. The van der Waals surface area contributed by atoms with Gasteiger partial charge >= 0.3 is 0 Å². The van der Waals surface area contributed by atoms with Gasteiger partial charge in [0.25, 0.3) is 0 Å². The lowest BCUT2D eigenvalue weighted by atomic mass is 10.3. The highest BCUT2D eigenvalue weighted by atomic mass is 16.1. The zero-order valence-corrected chi connectivity index (χ0v) is 9.27. The second-order valence-electron chi connectivity index (χ2n) is 3.56. The first-order valence-electron chi connectivity index (χ1n) is 5.06. The minimum Gasteiger partial charge on any atom is -0.326 e. The van der Waals surface area contributed by atoms with E-state index in [1.165, 1.54) is 0 Å². The highest BCUT2D eigenvalue weighted by molar-refractivity contribution is 5.74. The van der Waals surface area contributed by atoms with E-state index in [1.807, 2.05) is 48.9 Å². The van der Waals surface area contributed by atoms with Crippen LogP contribution >= 0.6 is 0 Å². The molecule has 1 heterocycles. The second-order valence-corrected chi connectivity index (χ2v) is 3.56. The van der Waals surface area contributed by atoms with E-state index in [2.05, 4.69) is 10.4 Å². The summed E-state index contributed by atoms with van der Waals surface area (Å²) < 4.78 is 1.82. The smallest absolute Gasteiger partial charge is 0.211 e. The van der Waals surface area contributed by atoms with Crippen molar-refractivity contribution in [3.63, 3.8) is 0 Å². The summed E-state index contributed by atoms with van der Waals surface area (Å²) in [5, 5.41) is 7.06. The predicted octanol–water partition coefficient (Wildman–Crippen LogP) is 2.06. The van der Waals surface area contributed by atoms with Crippen LogP contribution in [-0.2, 0) is 4.79 Å². The molecule has 4 heteroatoms. The number of nitrogens with one attached hydrogen (secondary N) is 1. The quantitative estimate of drug-likeness (QED) is 0.796. The zero-order chi connectivity index (χ0) is 11.5. The van der Waals surface area contributed by atoms with Crippen molar-refractivity contribution in [3.05, 3.63) is 41.7 Å². The zero-order valence-electron chi connectivity index (χ0n) is 9.27. The first-order chi connectivity index (χ1) is 7.74. The molecule has 0 atom stereocenters. The molecule has 1 amide bonds. The molecule has 0 aliphatic heterocycles. The topological polar surface area (TPSA) is 46.9 Å². The maximum Gasteiger partial charge on any atom is 0.211 e. The van der Waals surface area contributed by atoms with Gasteiger partial charge < -0.3 is 5.32 Å². The molecule has 0 saturated carbocycles. The van der Waals surface area contributed by atoms with Crippen LogP contribution in [0.15, 0.2) is 30.3 Å². The van der Waals surface area contributed by atoms with Crippen molar-refractivity contribution >= 4 is 12.1 Å². The number of nitrogens with zero attached hydrogens (tertiary/aromatic N) is 2. The van der Waals surface area contributed by atoms with Crippen molar-refractivity contribution in [2.75, 3.05) is 5.32 Å². The third kappa shape index (κ3) is 1.69. The van der Waals surface area contributed by atoms with E-state index in [-0.39, 0.29) is 0 Å². The van der Waals surface area contributed by atoms with E-state index in [9.17, 15) is 4.79 Å². The van der Waals surface area contributed by atoms with Gasteiger partial charge in [-0.1, -0.05) is 18.2 Å². The third-order valence-electron chi connectivity index (χ3n) is 2.50. The summed E-state index contributed by atoms with van der Waals surface area (Å²) in [6, 6.07) is 9.82. The Morgan fingerprint density at radius 2 is 1.94 bits per heavy atom. The molecule has 1 aromatic carbocycles.